The van der Waals surface area contributed by atoms with Crippen molar-refractivity contribution in [2.45, 2.75) is 45.6 Å². The molecule has 1 aromatic carbocycles. The third kappa shape index (κ3) is 3.39. The molecule has 5 nitrogen and oxygen atoms in total. The van der Waals surface area contributed by atoms with E-state index in [1.807, 2.05) is 45.0 Å². The van der Waals surface area contributed by atoms with Gasteiger partial charge in [0.15, 0.2) is 0 Å². The number of ketones is 1. The summed E-state index contributed by atoms with van der Waals surface area (Å²) in [5.74, 6) is -0.218. The lowest BCUT2D eigenvalue weighted by molar-refractivity contribution is -0.143. The van der Waals surface area contributed by atoms with Gasteiger partial charge in [-0.25, -0.2) is 4.79 Å². The van der Waals surface area contributed by atoms with E-state index in [9.17, 15) is 9.59 Å². The summed E-state index contributed by atoms with van der Waals surface area (Å²) in [5, 5.41) is 3.27. The summed E-state index contributed by atoms with van der Waals surface area (Å²) in [6.45, 7) is 5.51. The smallest absolute Gasteiger partial charge is 0.336 e. The Hall–Kier alpha value is -2.56. The number of allylic oxidation sites excluding steroid dienone is 3. The molecule has 2 atom stereocenters. The van der Waals surface area contributed by atoms with Crippen molar-refractivity contribution >= 4 is 11.8 Å². The quantitative estimate of drug-likeness (QED) is 0.838. The van der Waals surface area contributed by atoms with E-state index in [2.05, 4.69) is 11.4 Å². The van der Waals surface area contributed by atoms with Crippen molar-refractivity contribution in [3.8, 4) is 5.75 Å². The molecule has 0 spiro atoms. The van der Waals surface area contributed by atoms with Crippen LogP contribution in [0.15, 0.2) is 47.3 Å². The van der Waals surface area contributed by atoms with Crippen molar-refractivity contribution < 1.29 is 19.1 Å². The SMILES string of the molecule is COc1ccc(C2C(C(=O)OC(C)C)=C(C)NC3=CCCC(=O)C32)cc1. The third-order valence-corrected chi connectivity index (χ3v) is 4.85. The molecule has 1 aliphatic heterocycles. The van der Waals surface area contributed by atoms with E-state index in [0.29, 0.717) is 12.0 Å². The Kier molecular flexibility index (Phi) is 5.16. The van der Waals surface area contributed by atoms with Crippen molar-refractivity contribution in [2.24, 2.45) is 5.92 Å². The second kappa shape index (κ2) is 7.36. The molecule has 0 saturated heterocycles. The van der Waals surface area contributed by atoms with Gasteiger partial charge >= 0.3 is 5.97 Å². The first-order valence-corrected chi connectivity index (χ1v) is 8.98. The van der Waals surface area contributed by atoms with Crippen LogP contribution in [-0.2, 0) is 14.3 Å². The Bertz CT molecular complexity index is 774. The second-order valence-electron chi connectivity index (χ2n) is 7.01. The second-order valence-corrected chi connectivity index (χ2v) is 7.01. The zero-order chi connectivity index (χ0) is 18.8. The van der Waals surface area contributed by atoms with E-state index in [-0.39, 0.29) is 29.7 Å². The predicted octanol–water partition coefficient (Wildman–Crippen LogP) is 3.47. The highest BCUT2D eigenvalue weighted by molar-refractivity contribution is 5.96. The van der Waals surface area contributed by atoms with Crippen LogP contribution in [0.4, 0.5) is 0 Å². The van der Waals surface area contributed by atoms with Gasteiger partial charge in [0.05, 0.1) is 24.7 Å². The Balaban J connectivity index is 2.11. The summed E-state index contributed by atoms with van der Waals surface area (Å²) in [5.41, 5.74) is 3.07. The highest BCUT2D eigenvalue weighted by atomic mass is 16.5. The van der Waals surface area contributed by atoms with Crippen LogP contribution in [-0.4, -0.2) is 25.0 Å². The molecule has 26 heavy (non-hydrogen) atoms. The van der Waals surface area contributed by atoms with E-state index >= 15 is 0 Å². The fourth-order valence-electron chi connectivity index (χ4n) is 3.73. The van der Waals surface area contributed by atoms with Crippen LogP contribution in [0.2, 0.25) is 0 Å². The predicted molar refractivity (Wildman–Crippen MR) is 98.6 cm³/mol. The van der Waals surface area contributed by atoms with Gasteiger partial charge < -0.3 is 14.8 Å². The van der Waals surface area contributed by atoms with Gasteiger partial charge in [-0.2, -0.15) is 0 Å². The number of carbonyl (C=O) groups excluding carboxylic acids is 2. The maximum atomic E-state index is 12.8. The topological polar surface area (TPSA) is 64.6 Å². The number of methoxy groups -OCH3 is 1. The van der Waals surface area contributed by atoms with Crippen molar-refractivity contribution in [3.05, 3.63) is 52.9 Å². The van der Waals surface area contributed by atoms with Gasteiger partial charge in [-0.1, -0.05) is 18.2 Å². The standard InChI is InChI=1S/C21H25NO4/c1-12(2)26-21(24)18-13(3)22-16-6-5-7-17(23)20(16)19(18)14-8-10-15(25-4)11-9-14/h6,8-12,19-20,22H,5,7H2,1-4H3. The van der Waals surface area contributed by atoms with Crippen LogP contribution >= 0.6 is 0 Å². The van der Waals surface area contributed by atoms with Gasteiger partial charge in [0.2, 0.25) is 0 Å². The zero-order valence-corrected chi connectivity index (χ0v) is 15.7. The minimum absolute atomic E-state index is 0.151. The normalized spacial score (nSPS) is 22.5. The molecule has 0 bridgehead atoms. The lowest BCUT2D eigenvalue weighted by atomic mass is 9.71. The first-order chi connectivity index (χ1) is 12.4. The molecular formula is C21H25NO4. The van der Waals surface area contributed by atoms with Crippen LogP contribution in [0.5, 0.6) is 5.75 Å². The molecule has 1 aliphatic carbocycles. The van der Waals surface area contributed by atoms with E-state index in [4.69, 9.17) is 9.47 Å². The fourth-order valence-corrected chi connectivity index (χ4v) is 3.73. The monoisotopic (exact) mass is 355 g/mol. The van der Waals surface area contributed by atoms with Gasteiger partial charge in [0.25, 0.3) is 0 Å². The van der Waals surface area contributed by atoms with Crippen LogP contribution in [0.1, 0.15) is 45.1 Å². The number of hydrogen-bond acceptors (Lipinski definition) is 5. The first kappa shape index (κ1) is 18.2. The van der Waals surface area contributed by atoms with Crippen LogP contribution in [0.25, 0.3) is 0 Å². The molecule has 2 aliphatic rings. The van der Waals surface area contributed by atoms with Crippen molar-refractivity contribution in [1.82, 2.24) is 5.32 Å². The summed E-state index contributed by atoms with van der Waals surface area (Å²) < 4.78 is 10.7. The number of benzene rings is 1. The van der Waals surface area contributed by atoms with Crippen LogP contribution in [0.3, 0.4) is 0 Å². The van der Waals surface area contributed by atoms with Crippen LogP contribution in [0, 0.1) is 5.92 Å². The number of rotatable bonds is 4. The fraction of sp³-hybridized carbons (Fsp3) is 0.429. The molecule has 0 saturated carbocycles. The number of hydrogen-bond donors (Lipinski definition) is 1. The molecular weight excluding hydrogens is 330 g/mol. The summed E-state index contributed by atoms with van der Waals surface area (Å²) in [6.07, 6.45) is 3.06. The minimum Gasteiger partial charge on any atom is -0.497 e. The molecule has 0 radical (unpaired) electrons. The van der Waals surface area contributed by atoms with Crippen molar-refractivity contribution in [2.75, 3.05) is 7.11 Å². The number of esters is 1. The number of Topliss-reactive ketones (excluding diaryl/α,β-unsaturated/α-hetero) is 1. The number of nitrogens with one attached hydrogen (secondary N) is 1. The Morgan fingerprint density at radius 3 is 2.50 bits per heavy atom. The van der Waals surface area contributed by atoms with Gasteiger partial charge in [-0.3, -0.25) is 4.79 Å². The number of carbonyl (C=O) groups is 2. The van der Waals surface area contributed by atoms with Crippen LogP contribution < -0.4 is 10.1 Å². The van der Waals surface area contributed by atoms with Gasteiger partial charge in [0.1, 0.15) is 11.5 Å². The average Bonchev–Trinajstić information content (AvgIpc) is 2.60. The molecule has 1 heterocycles. The molecule has 5 heteroatoms. The Morgan fingerprint density at radius 2 is 1.88 bits per heavy atom. The molecule has 2 unspecified atom stereocenters. The maximum absolute atomic E-state index is 12.8. The van der Waals surface area contributed by atoms with Gasteiger partial charge in [0, 0.05) is 23.7 Å². The molecule has 1 aromatic rings. The van der Waals surface area contributed by atoms with Crippen molar-refractivity contribution in [1.29, 1.82) is 0 Å². The maximum Gasteiger partial charge on any atom is 0.336 e. The highest BCUT2D eigenvalue weighted by Gasteiger charge is 2.43. The first-order valence-electron chi connectivity index (χ1n) is 8.98. The lowest BCUT2D eigenvalue weighted by Gasteiger charge is -2.38. The summed E-state index contributed by atoms with van der Waals surface area (Å²) >= 11 is 0. The number of ether oxygens (including phenoxy) is 2. The molecule has 0 amide bonds. The molecule has 138 valence electrons. The van der Waals surface area contributed by atoms with E-state index < -0.39 is 0 Å². The molecule has 0 fully saturated rings. The molecule has 3 rings (SSSR count). The highest BCUT2D eigenvalue weighted by Crippen LogP contribution is 2.44. The van der Waals surface area contributed by atoms with E-state index in [1.165, 1.54) is 0 Å². The number of fused-ring (bicyclic) bond motifs is 1. The van der Waals surface area contributed by atoms with Gasteiger partial charge in [-0.05, 0) is 44.9 Å². The molecule has 0 aromatic heterocycles. The minimum atomic E-state index is -0.379. The van der Waals surface area contributed by atoms with E-state index in [0.717, 1.165) is 29.1 Å². The summed E-state index contributed by atoms with van der Waals surface area (Å²) in [7, 11) is 1.61. The largest absolute Gasteiger partial charge is 0.497 e. The lowest BCUT2D eigenvalue weighted by Crippen LogP contribution is -2.41. The van der Waals surface area contributed by atoms with Gasteiger partial charge in [-0.15, -0.1) is 0 Å². The molecule has 1 N–H and O–H groups in total. The average molecular weight is 355 g/mol. The van der Waals surface area contributed by atoms with Crippen molar-refractivity contribution in [3.63, 3.8) is 0 Å². The summed E-state index contributed by atoms with van der Waals surface area (Å²) in [6, 6.07) is 7.55. The third-order valence-electron chi connectivity index (χ3n) is 4.85. The zero-order valence-electron chi connectivity index (χ0n) is 15.7. The summed E-state index contributed by atoms with van der Waals surface area (Å²) in [4.78, 5) is 25.6. The Labute approximate surface area is 154 Å². The van der Waals surface area contributed by atoms with E-state index in [1.54, 1.807) is 7.11 Å². The Morgan fingerprint density at radius 1 is 1.19 bits per heavy atom.